The van der Waals surface area contributed by atoms with Crippen LogP contribution in [0.5, 0.6) is 0 Å². The molecule has 90 valence electrons. The fourth-order valence-corrected chi connectivity index (χ4v) is 2.17. The van der Waals surface area contributed by atoms with Crippen molar-refractivity contribution >= 4 is 38.4 Å². The number of halogens is 2. The van der Waals surface area contributed by atoms with E-state index in [4.69, 9.17) is 11.6 Å². The molecule has 5 heteroatoms. The smallest absolute Gasteiger partial charge is 0.261 e. The first kappa shape index (κ1) is 12.6. The van der Waals surface area contributed by atoms with Crippen molar-refractivity contribution in [2.45, 2.75) is 20.4 Å². The van der Waals surface area contributed by atoms with Gasteiger partial charge in [-0.25, -0.2) is 4.98 Å². The molecule has 0 unspecified atom stereocenters. The van der Waals surface area contributed by atoms with Crippen LogP contribution in [-0.2, 0) is 6.54 Å². The van der Waals surface area contributed by atoms with E-state index in [1.54, 1.807) is 23.0 Å². The molecule has 0 spiro atoms. The van der Waals surface area contributed by atoms with Gasteiger partial charge in [0.15, 0.2) is 0 Å². The molecule has 1 aromatic heterocycles. The number of rotatable bonds is 2. The summed E-state index contributed by atoms with van der Waals surface area (Å²) in [5.41, 5.74) is 0.615. The van der Waals surface area contributed by atoms with Crippen LogP contribution in [0.3, 0.4) is 0 Å². The highest BCUT2D eigenvalue weighted by atomic mass is 79.9. The summed E-state index contributed by atoms with van der Waals surface area (Å²) in [4.78, 5) is 16.4. The van der Waals surface area contributed by atoms with Gasteiger partial charge in [-0.2, -0.15) is 0 Å². The van der Waals surface area contributed by atoms with Crippen molar-refractivity contribution in [3.63, 3.8) is 0 Å². The highest BCUT2D eigenvalue weighted by Crippen LogP contribution is 2.25. The van der Waals surface area contributed by atoms with Gasteiger partial charge in [0.25, 0.3) is 5.56 Å². The molecule has 0 aliphatic heterocycles. The molecule has 0 radical (unpaired) electrons. The average Bonchev–Trinajstić information content (AvgIpc) is 2.25. The van der Waals surface area contributed by atoms with E-state index in [2.05, 4.69) is 34.8 Å². The summed E-state index contributed by atoms with van der Waals surface area (Å²) in [6.45, 7) is 4.78. The van der Waals surface area contributed by atoms with Crippen molar-refractivity contribution in [2.24, 2.45) is 5.92 Å². The monoisotopic (exact) mass is 314 g/mol. The highest BCUT2D eigenvalue weighted by Gasteiger charge is 2.08. The van der Waals surface area contributed by atoms with Crippen molar-refractivity contribution in [1.29, 1.82) is 0 Å². The predicted octanol–water partition coefficient (Wildman–Crippen LogP) is 3.47. The van der Waals surface area contributed by atoms with Gasteiger partial charge in [0.1, 0.15) is 0 Å². The molecule has 0 saturated heterocycles. The lowest BCUT2D eigenvalue weighted by Crippen LogP contribution is -2.22. The maximum absolute atomic E-state index is 12.2. The lowest BCUT2D eigenvalue weighted by atomic mass is 10.2. The molecule has 0 fully saturated rings. The van der Waals surface area contributed by atoms with E-state index in [0.717, 1.165) is 4.47 Å². The van der Waals surface area contributed by atoms with Gasteiger partial charge in [-0.05, 0) is 34.0 Å². The van der Waals surface area contributed by atoms with Gasteiger partial charge >= 0.3 is 0 Å². The summed E-state index contributed by atoms with van der Waals surface area (Å²) in [5.74, 6) is 0.401. The number of nitrogens with zero attached hydrogens (tertiary/aromatic N) is 2. The maximum Gasteiger partial charge on any atom is 0.261 e. The molecule has 2 aromatic rings. The first-order valence-corrected chi connectivity index (χ1v) is 6.50. The molecule has 0 aliphatic rings. The van der Waals surface area contributed by atoms with Crippen LogP contribution >= 0.6 is 27.5 Å². The molecule has 0 amide bonds. The Hall–Kier alpha value is -0.870. The van der Waals surface area contributed by atoms with Gasteiger partial charge in [0.2, 0.25) is 0 Å². The molecular formula is C12H12BrClN2O. The zero-order chi connectivity index (χ0) is 12.6. The molecule has 0 atom stereocenters. The Morgan fingerprint density at radius 2 is 2.18 bits per heavy atom. The lowest BCUT2D eigenvalue weighted by Gasteiger charge is -2.09. The SMILES string of the molecule is CC(C)Cn1cnc2cc(Br)c(Cl)cc2c1=O. The number of fused-ring (bicyclic) bond motifs is 1. The molecular weight excluding hydrogens is 304 g/mol. The van der Waals surface area contributed by atoms with Gasteiger partial charge in [-0.15, -0.1) is 0 Å². The van der Waals surface area contributed by atoms with E-state index in [1.807, 2.05) is 0 Å². The minimum Gasteiger partial charge on any atom is -0.298 e. The number of hydrogen-bond donors (Lipinski definition) is 0. The molecule has 17 heavy (non-hydrogen) atoms. The number of aromatic nitrogens is 2. The van der Waals surface area contributed by atoms with Crippen LogP contribution in [0.4, 0.5) is 0 Å². The van der Waals surface area contributed by atoms with Gasteiger partial charge in [-0.3, -0.25) is 9.36 Å². The molecule has 0 saturated carbocycles. The topological polar surface area (TPSA) is 34.9 Å². The molecule has 3 nitrogen and oxygen atoms in total. The molecule has 1 heterocycles. The Labute approximate surface area is 113 Å². The summed E-state index contributed by atoms with van der Waals surface area (Å²) in [6.07, 6.45) is 1.59. The minimum atomic E-state index is -0.0434. The van der Waals surface area contributed by atoms with Crippen molar-refractivity contribution in [1.82, 2.24) is 9.55 Å². The first-order valence-electron chi connectivity index (χ1n) is 5.33. The third-order valence-corrected chi connectivity index (χ3v) is 3.63. The fourth-order valence-electron chi connectivity index (χ4n) is 1.68. The zero-order valence-corrected chi connectivity index (χ0v) is 11.9. The second-order valence-electron chi connectivity index (χ2n) is 4.38. The van der Waals surface area contributed by atoms with Crippen LogP contribution < -0.4 is 5.56 Å². The van der Waals surface area contributed by atoms with Crippen LogP contribution in [0.2, 0.25) is 5.02 Å². The van der Waals surface area contributed by atoms with E-state index >= 15 is 0 Å². The molecule has 1 aromatic carbocycles. The second-order valence-corrected chi connectivity index (χ2v) is 5.64. The molecule has 0 bridgehead atoms. The Bertz CT molecular complexity index is 622. The summed E-state index contributed by atoms with van der Waals surface area (Å²) >= 11 is 9.31. The van der Waals surface area contributed by atoms with E-state index in [0.29, 0.717) is 28.4 Å². The predicted molar refractivity (Wildman–Crippen MR) is 73.6 cm³/mol. The van der Waals surface area contributed by atoms with Crippen LogP contribution in [0.1, 0.15) is 13.8 Å². The largest absolute Gasteiger partial charge is 0.298 e. The Morgan fingerprint density at radius 3 is 2.82 bits per heavy atom. The summed E-state index contributed by atoms with van der Waals surface area (Å²) in [7, 11) is 0. The lowest BCUT2D eigenvalue weighted by molar-refractivity contribution is 0.508. The summed E-state index contributed by atoms with van der Waals surface area (Å²) < 4.78 is 2.37. The van der Waals surface area contributed by atoms with E-state index in [-0.39, 0.29) is 5.56 Å². The van der Waals surface area contributed by atoms with Gasteiger partial charge in [0.05, 0.1) is 22.3 Å². The van der Waals surface area contributed by atoms with Gasteiger partial charge in [-0.1, -0.05) is 25.4 Å². The normalized spacial score (nSPS) is 11.4. The third-order valence-electron chi connectivity index (χ3n) is 2.43. The zero-order valence-electron chi connectivity index (χ0n) is 9.58. The summed E-state index contributed by atoms with van der Waals surface area (Å²) in [6, 6.07) is 3.42. The first-order chi connectivity index (χ1) is 7.99. The van der Waals surface area contributed by atoms with Crippen LogP contribution in [0.15, 0.2) is 27.7 Å². The van der Waals surface area contributed by atoms with E-state index in [1.165, 1.54) is 0 Å². The molecule has 0 aliphatic carbocycles. The quantitative estimate of drug-likeness (QED) is 0.850. The Morgan fingerprint density at radius 1 is 1.47 bits per heavy atom. The maximum atomic E-state index is 12.2. The standard InChI is InChI=1S/C12H12BrClN2O/c1-7(2)5-16-6-15-11-4-9(13)10(14)3-8(11)12(16)17/h3-4,6-7H,5H2,1-2H3. The minimum absolute atomic E-state index is 0.0434. The Balaban J connectivity index is 2.67. The van der Waals surface area contributed by atoms with Crippen molar-refractivity contribution in [2.75, 3.05) is 0 Å². The molecule has 2 rings (SSSR count). The van der Waals surface area contributed by atoms with Gasteiger partial charge < -0.3 is 0 Å². The number of hydrogen-bond acceptors (Lipinski definition) is 2. The van der Waals surface area contributed by atoms with Gasteiger partial charge in [0, 0.05) is 11.0 Å². The average molecular weight is 316 g/mol. The van der Waals surface area contributed by atoms with E-state index in [9.17, 15) is 4.79 Å². The Kier molecular flexibility index (Phi) is 3.54. The highest BCUT2D eigenvalue weighted by molar-refractivity contribution is 9.10. The van der Waals surface area contributed by atoms with Crippen molar-refractivity contribution in [3.8, 4) is 0 Å². The summed E-state index contributed by atoms with van der Waals surface area (Å²) in [5, 5.41) is 1.08. The fraction of sp³-hybridized carbons (Fsp3) is 0.333. The van der Waals surface area contributed by atoms with Crippen LogP contribution in [0.25, 0.3) is 10.9 Å². The third kappa shape index (κ3) is 2.53. The van der Waals surface area contributed by atoms with Crippen LogP contribution in [-0.4, -0.2) is 9.55 Å². The van der Waals surface area contributed by atoms with Crippen molar-refractivity contribution in [3.05, 3.63) is 38.3 Å². The van der Waals surface area contributed by atoms with E-state index < -0.39 is 0 Å². The molecule has 0 N–H and O–H groups in total. The second kappa shape index (κ2) is 4.78. The number of benzene rings is 1. The van der Waals surface area contributed by atoms with Crippen LogP contribution in [0, 0.1) is 5.92 Å². The van der Waals surface area contributed by atoms with Crippen molar-refractivity contribution < 1.29 is 0 Å².